The zero-order chi connectivity index (χ0) is 12.8. The second kappa shape index (κ2) is 6.10. The first-order valence-electron chi connectivity index (χ1n) is 5.31. The number of phenolic OH excluding ortho intramolecular Hbond substituents is 1. The van der Waals surface area contributed by atoms with Crippen LogP contribution in [0.4, 0.5) is 0 Å². The lowest BCUT2D eigenvalue weighted by atomic mass is 10.1. The third-order valence-electron chi connectivity index (χ3n) is 2.22. The molecule has 0 heterocycles. The lowest BCUT2D eigenvalue weighted by molar-refractivity contribution is -0.150. The van der Waals surface area contributed by atoms with Gasteiger partial charge in [-0.1, -0.05) is 13.0 Å². The first-order chi connectivity index (χ1) is 8.10. The van der Waals surface area contributed by atoms with Crippen molar-refractivity contribution in [2.24, 2.45) is 0 Å². The molecule has 0 spiro atoms. The Morgan fingerprint density at radius 2 is 2.18 bits per heavy atom. The summed E-state index contributed by atoms with van der Waals surface area (Å²) >= 11 is 0. The molecule has 1 aromatic carbocycles. The van der Waals surface area contributed by atoms with Crippen molar-refractivity contribution in [3.8, 4) is 11.5 Å². The summed E-state index contributed by atoms with van der Waals surface area (Å²) in [7, 11) is 1.43. The zero-order valence-electron chi connectivity index (χ0n) is 9.84. The fraction of sp³-hybridized carbons (Fsp3) is 0.417. The topological polar surface area (TPSA) is 76.0 Å². The Morgan fingerprint density at radius 3 is 2.65 bits per heavy atom. The molecule has 1 rings (SSSR count). The van der Waals surface area contributed by atoms with E-state index in [1.807, 2.05) is 6.92 Å². The molecule has 1 unspecified atom stereocenters. The number of carboxylic acid groups (broad SMARTS) is 1. The second-order valence-corrected chi connectivity index (χ2v) is 3.52. The molecule has 0 aliphatic carbocycles. The molecule has 0 bridgehead atoms. The Morgan fingerprint density at radius 1 is 1.47 bits per heavy atom. The van der Waals surface area contributed by atoms with Gasteiger partial charge < -0.3 is 19.7 Å². The normalized spacial score (nSPS) is 12.1. The van der Waals surface area contributed by atoms with Crippen LogP contribution >= 0.6 is 0 Å². The van der Waals surface area contributed by atoms with E-state index in [1.165, 1.54) is 19.2 Å². The molecule has 0 radical (unpaired) electrons. The molecule has 17 heavy (non-hydrogen) atoms. The number of carbonyl (C=O) groups is 1. The van der Waals surface area contributed by atoms with Crippen molar-refractivity contribution in [2.75, 3.05) is 13.7 Å². The van der Waals surface area contributed by atoms with Crippen molar-refractivity contribution >= 4 is 5.97 Å². The van der Waals surface area contributed by atoms with Gasteiger partial charge in [0.15, 0.2) is 17.6 Å². The molecular formula is C12H16O5. The maximum atomic E-state index is 11.0. The van der Waals surface area contributed by atoms with E-state index in [0.29, 0.717) is 17.9 Å². The minimum atomic E-state index is -1.08. The average Bonchev–Trinajstić information content (AvgIpc) is 2.29. The van der Waals surface area contributed by atoms with Gasteiger partial charge in [-0.3, -0.25) is 0 Å². The van der Waals surface area contributed by atoms with Crippen molar-refractivity contribution in [1.82, 2.24) is 0 Å². The summed E-state index contributed by atoms with van der Waals surface area (Å²) in [5.41, 5.74) is 0.393. The van der Waals surface area contributed by atoms with Gasteiger partial charge in [-0.05, 0) is 24.1 Å². The molecule has 0 aliphatic rings. The quantitative estimate of drug-likeness (QED) is 0.794. The van der Waals surface area contributed by atoms with Crippen LogP contribution in [-0.4, -0.2) is 29.9 Å². The molecule has 2 N–H and O–H groups in total. The van der Waals surface area contributed by atoms with E-state index in [2.05, 4.69) is 0 Å². The van der Waals surface area contributed by atoms with Crippen molar-refractivity contribution < 1.29 is 24.5 Å². The van der Waals surface area contributed by atoms with Gasteiger partial charge in [0, 0.05) is 6.61 Å². The lowest BCUT2D eigenvalue weighted by Gasteiger charge is -2.14. The maximum Gasteiger partial charge on any atom is 0.337 e. The Balaban J connectivity index is 2.94. The van der Waals surface area contributed by atoms with Crippen LogP contribution < -0.4 is 4.74 Å². The molecule has 0 aliphatic heterocycles. The Kier molecular flexibility index (Phi) is 4.78. The molecule has 0 fully saturated rings. The third kappa shape index (κ3) is 3.35. The number of ether oxygens (including phenoxy) is 2. The Bertz CT molecular complexity index is 388. The fourth-order valence-corrected chi connectivity index (χ4v) is 1.42. The van der Waals surface area contributed by atoms with Gasteiger partial charge >= 0.3 is 5.97 Å². The number of aromatic hydroxyl groups is 1. The number of carboxylic acids is 1. The van der Waals surface area contributed by atoms with E-state index in [4.69, 9.17) is 14.6 Å². The van der Waals surface area contributed by atoms with E-state index in [0.717, 1.165) is 6.42 Å². The van der Waals surface area contributed by atoms with Crippen LogP contribution in [0.3, 0.4) is 0 Å². The van der Waals surface area contributed by atoms with Crippen LogP contribution in [0.25, 0.3) is 0 Å². The highest BCUT2D eigenvalue weighted by molar-refractivity contribution is 5.74. The highest BCUT2D eigenvalue weighted by Gasteiger charge is 2.21. The molecule has 5 heteroatoms. The van der Waals surface area contributed by atoms with Crippen molar-refractivity contribution in [2.45, 2.75) is 19.4 Å². The molecular weight excluding hydrogens is 224 g/mol. The van der Waals surface area contributed by atoms with Crippen molar-refractivity contribution in [1.29, 1.82) is 0 Å². The van der Waals surface area contributed by atoms with Crippen molar-refractivity contribution in [3.63, 3.8) is 0 Å². The highest BCUT2D eigenvalue weighted by atomic mass is 16.5. The maximum absolute atomic E-state index is 11.0. The number of phenols is 1. The van der Waals surface area contributed by atoms with Crippen LogP contribution in [-0.2, 0) is 9.53 Å². The van der Waals surface area contributed by atoms with Gasteiger partial charge in [0.1, 0.15) is 0 Å². The third-order valence-corrected chi connectivity index (χ3v) is 2.22. The van der Waals surface area contributed by atoms with Crippen LogP contribution in [0.2, 0.25) is 0 Å². The summed E-state index contributed by atoms with van der Waals surface area (Å²) in [6, 6.07) is 4.41. The van der Waals surface area contributed by atoms with Gasteiger partial charge in [-0.15, -0.1) is 0 Å². The molecule has 0 saturated heterocycles. The largest absolute Gasteiger partial charge is 0.504 e. The summed E-state index contributed by atoms with van der Waals surface area (Å²) in [5.74, 6) is -0.882. The van der Waals surface area contributed by atoms with Crippen LogP contribution in [0.15, 0.2) is 18.2 Å². The molecule has 0 aromatic heterocycles. The summed E-state index contributed by atoms with van der Waals surface area (Å²) in [4.78, 5) is 11.0. The van der Waals surface area contributed by atoms with E-state index < -0.39 is 12.1 Å². The summed E-state index contributed by atoms with van der Waals surface area (Å²) in [6.07, 6.45) is -0.335. The van der Waals surface area contributed by atoms with E-state index in [1.54, 1.807) is 6.07 Å². The zero-order valence-corrected chi connectivity index (χ0v) is 9.84. The molecule has 0 amide bonds. The summed E-state index contributed by atoms with van der Waals surface area (Å²) < 4.78 is 10.1. The van der Waals surface area contributed by atoms with E-state index in [-0.39, 0.29) is 5.75 Å². The highest BCUT2D eigenvalue weighted by Crippen LogP contribution is 2.30. The minimum Gasteiger partial charge on any atom is -0.504 e. The lowest BCUT2D eigenvalue weighted by Crippen LogP contribution is -2.15. The predicted molar refractivity (Wildman–Crippen MR) is 61.3 cm³/mol. The fourth-order valence-electron chi connectivity index (χ4n) is 1.42. The average molecular weight is 240 g/mol. The monoisotopic (exact) mass is 240 g/mol. The Labute approximate surface area is 99.6 Å². The summed E-state index contributed by atoms with van der Waals surface area (Å²) in [6.45, 7) is 2.24. The second-order valence-electron chi connectivity index (χ2n) is 3.52. The number of benzene rings is 1. The predicted octanol–water partition coefficient (Wildman–Crippen LogP) is 1.95. The van der Waals surface area contributed by atoms with Crippen LogP contribution in [0, 0.1) is 0 Å². The number of aliphatic carboxylic acids is 1. The van der Waals surface area contributed by atoms with E-state index >= 15 is 0 Å². The Hall–Kier alpha value is -1.75. The van der Waals surface area contributed by atoms with Gasteiger partial charge in [-0.2, -0.15) is 0 Å². The number of hydrogen-bond acceptors (Lipinski definition) is 4. The summed E-state index contributed by atoms with van der Waals surface area (Å²) in [5, 5.41) is 18.6. The van der Waals surface area contributed by atoms with Crippen LogP contribution in [0.1, 0.15) is 25.0 Å². The first-order valence-corrected chi connectivity index (χ1v) is 5.31. The van der Waals surface area contributed by atoms with Gasteiger partial charge in [0.25, 0.3) is 0 Å². The SMILES string of the molecule is CCCOC(C(=O)O)c1ccc(OC)c(O)c1. The smallest absolute Gasteiger partial charge is 0.337 e. The molecule has 94 valence electrons. The van der Waals surface area contributed by atoms with Crippen LogP contribution in [0.5, 0.6) is 11.5 Å². The number of rotatable bonds is 6. The molecule has 1 atom stereocenters. The molecule has 0 saturated carbocycles. The first kappa shape index (κ1) is 13.3. The van der Waals surface area contributed by atoms with Crippen molar-refractivity contribution in [3.05, 3.63) is 23.8 Å². The number of methoxy groups -OCH3 is 1. The standard InChI is InChI=1S/C12H16O5/c1-3-6-17-11(12(14)15)8-4-5-10(16-2)9(13)7-8/h4-5,7,11,13H,3,6H2,1-2H3,(H,14,15). The molecule has 5 nitrogen and oxygen atoms in total. The van der Waals surface area contributed by atoms with Gasteiger partial charge in [0.05, 0.1) is 7.11 Å². The van der Waals surface area contributed by atoms with Gasteiger partial charge in [-0.25, -0.2) is 4.79 Å². The number of hydrogen-bond donors (Lipinski definition) is 2. The molecule has 1 aromatic rings. The minimum absolute atomic E-state index is 0.101. The van der Waals surface area contributed by atoms with E-state index in [9.17, 15) is 9.90 Å². The van der Waals surface area contributed by atoms with Gasteiger partial charge in [0.2, 0.25) is 0 Å².